The molecule has 232 valence electrons. The molecule has 2 heterocycles. The summed E-state index contributed by atoms with van der Waals surface area (Å²) in [5.74, 6) is -1.08. The molecule has 0 spiro atoms. The third kappa shape index (κ3) is 7.07. The Kier molecular flexibility index (Phi) is 9.55. The van der Waals surface area contributed by atoms with Gasteiger partial charge in [-0.1, -0.05) is 31.2 Å². The molecule has 3 aliphatic rings. The molecule has 10 heteroatoms. The number of hydrogen-bond donors (Lipinski definition) is 3. The number of ether oxygens (including phenoxy) is 1. The zero-order chi connectivity index (χ0) is 30.8. The van der Waals surface area contributed by atoms with Crippen LogP contribution in [0.3, 0.4) is 0 Å². The second kappa shape index (κ2) is 12.6. The number of aliphatic hydroxyl groups is 1. The third-order valence-electron chi connectivity index (χ3n) is 9.19. The number of benzene rings is 1. The van der Waals surface area contributed by atoms with Gasteiger partial charge in [-0.2, -0.15) is 0 Å². The first-order valence-corrected chi connectivity index (χ1v) is 15.4. The van der Waals surface area contributed by atoms with E-state index < -0.39 is 41.3 Å². The van der Waals surface area contributed by atoms with Crippen molar-refractivity contribution >= 4 is 23.8 Å². The predicted octanol–water partition coefficient (Wildman–Crippen LogP) is 3.61. The van der Waals surface area contributed by atoms with Gasteiger partial charge < -0.3 is 25.4 Å². The first-order chi connectivity index (χ1) is 19.7. The lowest BCUT2D eigenvalue weighted by atomic mass is 9.83. The number of carbonyl (C=O) groups is 4. The zero-order valence-electron chi connectivity index (χ0n) is 25.9. The Balaban J connectivity index is 1.52. The Hall–Kier alpha value is -3.14. The van der Waals surface area contributed by atoms with Gasteiger partial charge in [0.05, 0.1) is 11.6 Å². The normalized spacial score (nSPS) is 28.5. The molecule has 0 bridgehead atoms. The fourth-order valence-electron chi connectivity index (χ4n) is 6.51. The van der Waals surface area contributed by atoms with Gasteiger partial charge in [0.2, 0.25) is 17.7 Å². The van der Waals surface area contributed by atoms with Crippen LogP contribution in [0.1, 0.15) is 103 Å². The molecule has 1 unspecified atom stereocenters. The highest BCUT2D eigenvalue weighted by Gasteiger charge is 2.48. The molecule has 42 heavy (non-hydrogen) atoms. The van der Waals surface area contributed by atoms with E-state index in [-0.39, 0.29) is 30.3 Å². The number of fused-ring (bicyclic) bond motifs is 2. The minimum atomic E-state index is -1.13. The van der Waals surface area contributed by atoms with Crippen LogP contribution in [0.25, 0.3) is 0 Å². The summed E-state index contributed by atoms with van der Waals surface area (Å²) in [6, 6.07) is 5.25. The lowest BCUT2D eigenvalue weighted by molar-refractivity contribution is -0.148. The monoisotopic (exact) mass is 584 g/mol. The second-order valence-electron chi connectivity index (χ2n) is 13.3. The number of likely N-dealkylation sites (N-methyl/N-ethyl adjacent to an activating group) is 1. The van der Waals surface area contributed by atoms with Gasteiger partial charge in [-0.3, -0.25) is 19.3 Å². The lowest BCUT2D eigenvalue weighted by Gasteiger charge is -2.41. The number of carbonyl (C=O) groups excluding carboxylic acids is 4. The van der Waals surface area contributed by atoms with Crippen LogP contribution in [0.5, 0.6) is 0 Å². The Morgan fingerprint density at radius 2 is 1.83 bits per heavy atom. The van der Waals surface area contributed by atoms with Crippen LogP contribution in [0.15, 0.2) is 24.3 Å². The van der Waals surface area contributed by atoms with Crippen molar-refractivity contribution in [2.24, 2.45) is 0 Å². The van der Waals surface area contributed by atoms with Crippen molar-refractivity contribution in [2.75, 3.05) is 7.05 Å². The summed E-state index contributed by atoms with van der Waals surface area (Å²) in [4.78, 5) is 56.7. The zero-order valence-corrected chi connectivity index (χ0v) is 25.9. The summed E-state index contributed by atoms with van der Waals surface area (Å²) in [7, 11) is 1.47. The standard InChI is InChI=1S/C32H48N4O6/c1-7-32(41)18-17-22-15-16-26(28(38)33-24-14-10-12-21-11-8-9-13-23(21)24)36(22)29(39)25(19-32)34-27(37)20(2)35(6)30(40)42-31(3,4)5/h8-9,11,13,20,22,24-26,41H,7,10,12,14-19H2,1-6H3,(H,33,38)(H,34,37)/t20-,22+,24+,25-,26-,32?/m0/s1. The Labute approximate surface area is 249 Å². The van der Waals surface area contributed by atoms with E-state index in [2.05, 4.69) is 22.8 Å². The number of aryl methyl sites for hydroxylation is 1. The maximum Gasteiger partial charge on any atom is 0.410 e. The fourth-order valence-corrected chi connectivity index (χ4v) is 6.51. The van der Waals surface area contributed by atoms with Crippen molar-refractivity contribution in [1.82, 2.24) is 20.4 Å². The van der Waals surface area contributed by atoms with Gasteiger partial charge in [-0.25, -0.2) is 4.79 Å². The van der Waals surface area contributed by atoms with Crippen LogP contribution in [-0.2, 0) is 25.5 Å². The van der Waals surface area contributed by atoms with Crippen molar-refractivity contribution in [2.45, 2.75) is 134 Å². The highest BCUT2D eigenvalue weighted by molar-refractivity contribution is 5.94. The van der Waals surface area contributed by atoms with Crippen molar-refractivity contribution in [3.8, 4) is 0 Å². The Morgan fingerprint density at radius 3 is 2.52 bits per heavy atom. The first-order valence-electron chi connectivity index (χ1n) is 15.4. The summed E-state index contributed by atoms with van der Waals surface area (Å²) < 4.78 is 5.40. The van der Waals surface area contributed by atoms with Crippen molar-refractivity contribution < 1.29 is 29.0 Å². The van der Waals surface area contributed by atoms with Gasteiger partial charge in [-0.05, 0) is 90.2 Å². The van der Waals surface area contributed by atoms with E-state index in [9.17, 15) is 24.3 Å². The van der Waals surface area contributed by atoms with Crippen LogP contribution in [0.4, 0.5) is 4.79 Å². The highest BCUT2D eigenvalue weighted by Crippen LogP contribution is 2.37. The summed E-state index contributed by atoms with van der Waals surface area (Å²) >= 11 is 0. The molecule has 0 aromatic heterocycles. The number of amides is 4. The number of hydrogen-bond acceptors (Lipinski definition) is 6. The van der Waals surface area contributed by atoms with E-state index in [0.29, 0.717) is 32.1 Å². The summed E-state index contributed by atoms with van der Waals surface area (Å²) in [5.41, 5.74) is 0.514. The van der Waals surface area contributed by atoms with E-state index >= 15 is 0 Å². The van der Waals surface area contributed by atoms with Crippen molar-refractivity contribution in [3.05, 3.63) is 35.4 Å². The SMILES string of the molecule is CCC1(O)CC[C@H]2CC[C@@H](C(=O)N[C@@H]3CCCc4ccccc43)N2C(=O)[C@@H](NC(=O)[C@H](C)N(C)C(=O)OC(C)(C)C)C1. The van der Waals surface area contributed by atoms with E-state index in [4.69, 9.17) is 4.74 Å². The van der Waals surface area contributed by atoms with Crippen LogP contribution in [0, 0.1) is 0 Å². The summed E-state index contributed by atoms with van der Waals surface area (Å²) in [6.07, 6.45) is 4.86. The molecule has 0 saturated carbocycles. The molecule has 2 fully saturated rings. The van der Waals surface area contributed by atoms with Gasteiger partial charge in [0.15, 0.2) is 0 Å². The molecule has 3 N–H and O–H groups in total. The van der Waals surface area contributed by atoms with Crippen LogP contribution in [-0.4, -0.2) is 81.1 Å². The molecule has 6 atom stereocenters. The second-order valence-corrected chi connectivity index (χ2v) is 13.3. The number of nitrogens with one attached hydrogen (secondary N) is 2. The first kappa shape index (κ1) is 31.8. The van der Waals surface area contributed by atoms with Gasteiger partial charge in [0.1, 0.15) is 23.7 Å². The molecular formula is C32H48N4O6. The average Bonchev–Trinajstić information content (AvgIpc) is 3.37. The van der Waals surface area contributed by atoms with Gasteiger partial charge in [0, 0.05) is 19.5 Å². The summed E-state index contributed by atoms with van der Waals surface area (Å²) in [5, 5.41) is 17.4. The van der Waals surface area contributed by atoms with Crippen molar-refractivity contribution in [1.29, 1.82) is 0 Å². The van der Waals surface area contributed by atoms with Gasteiger partial charge >= 0.3 is 6.09 Å². The third-order valence-corrected chi connectivity index (χ3v) is 9.19. The molecule has 1 aromatic rings. The molecule has 4 amide bonds. The topological polar surface area (TPSA) is 128 Å². The number of rotatable bonds is 6. The predicted molar refractivity (Wildman–Crippen MR) is 158 cm³/mol. The van der Waals surface area contributed by atoms with E-state index in [1.165, 1.54) is 17.5 Å². The Bertz CT molecular complexity index is 1180. The maximum absolute atomic E-state index is 14.2. The van der Waals surface area contributed by atoms with E-state index in [0.717, 1.165) is 24.8 Å². The van der Waals surface area contributed by atoms with Gasteiger partial charge in [0.25, 0.3) is 0 Å². The quantitative estimate of drug-likeness (QED) is 0.469. The average molecular weight is 585 g/mol. The summed E-state index contributed by atoms with van der Waals surface area (Å²) in [6.45, 7) is 8.67. The molecule has 0 radical (unpaired) electrons. The lowest BCUT2D eigenvalue weighted by Crippen LogP contribution is -2.61. The van der Waals surface area contributed by atoms with E-state index in [1.54, 1.807) is 32.6 Å². The van der Waals surface area contributed by atoms with Crippen molar-refractivity contribution in [3.63, 3.8) is 0 Å². The molecule has 1 aromatic carbocycles. The minimum absolute atomic E-state index is 0.0322. The Morgan fingerprint density at radius 1 is 1.12 bits per heavy atom. The molecule has 1 aliphatic carbocycles. The van der Waals surface area contributed by atoms with E-state index in [1.807, 2.05) is 19.1 Å². The number of nitrogens with zero attached hydrogens (tertiary/aromatic N) is 2. The van der Waals surface area contributed by atoms with Crippen LogP contribution >= 0.6 is 0 Å². The molecule has 4 rings (SSSR count). The van der Waals surface area contributed by atoms with Crippen LogP contribution < -0.4 is 10.6 Å². The molecule has 10 nitrogen and oxygen atoms in total. The molecule has 2 saturated heterocycles. The largest absolute Gasteiger partial charge is 0.444 e. The maximum atomic E-state index is 14.2. The minimum Gasteiger partial charge on any atom is -0.444 e. The van der Waals surface area contributed by atoms with Gasteiger partial charge in [-0.15, -0.1) is 0 Å². The fraction of sp³-hybridized carbons (Fsp3) is 0.688. The molecule has 2 aliphatic heterocycles. The molecular weight excluding hydrogens is 536 g/mol. The van der Waals surface area contributed by atoms with Crippen LogP contribution in [0.2, 0.25) is 0 Å². The highest BCUT2D eigenvalue weighted by atomic mass is 16.6. The smallest absolute Gasteiger partial charge is 0.410 e.